The summed E-state index contributed by atoms with van der Waals surface area (Å²) in [4.78, 5) is -0.292. The molecule has 26 heavy (non-hydrogen) atoms. The van der Waals surface area contributed by atoms with E-state index in [0.717, 1.165) is 18.6 Å². The molecule has 1 aromatic rings. The summed E-state index contributed by atoms with van der Waals surface area (Å²) in [6, 6.07) is 3.02. The second-order valence-electron chi connectivity index (χ2n) is 6.31. The summed E-state index contributed by atoms with van der Waals surface area (Å²) in [5.41, 5.74) is 5.39. The first-order chi connectivity index (χ1) is 12.1. The van der Waals surface area contributed by atoms with Gasteiger partial charge in [-0.25, -0.2) is 8.42 Å². The normalized spacial score (nSPS) is 19.3. The number of hydrogen-bond donors (Lipinski definition) is 2. The van der Waals surface area contributed by atoms with E-state index in [9.17, 15) is 26.7 Å². The molecule has 5 nitrogen and oxygen atoms in total. The molecule has 3 N–H and O–H groups in total. The Hall–Kier alpha value is -1.58. The highest BCUT2D eigenvalue weighted by atomic mass is 32.2. The van der Waals surface area contributed by atoms with Gasteiger partial charge in [0.1, 0.15) is 5.75 Å². The number of halogens is 3. The maximum atomic E-state index is 12.7. The number of benzene rings is 1. The van der Waals surface area contributed by atoms with E-state index < -0.39 is 28.1 Å². The molecule has 0 amide bonds. The second kappa shape index (κ2) is 8.41. The molecular formula is C17H22F3NO4S. The zero-order valence-electron chi connectivity index (χ0n) is 14.1. The summed E-state index contributed by atoms with van der Waals surface area (Å²) in [5.74, 6) is -0.929. The van der Waals surface area contributed by atoms with Crippen LogP contribution in [-0.2, 0) is 9.84 Å². The highest BCUT2D eigenvalue weighted by molar-refractivity contribution is 7.91. The smallest absolute Gasteiger partial charge is 0.406 e. The molecule has 0 heterocycles. The molecule has 0 fully saturated rings. The Morgan fingerprint density at radius 2 is 2.00 bits per heavy atom. The molecule has 2 atom stereocenters. The van der Waals surface area contributed by atoms with Crippen molar-refractivity contribution in [3.05, 3.63) is 35.9 Å². The monoisotopic (exact) mass is 393 g/mol. The van der Waals surface area contributed by atoms with Gasteiger partial charge in [0.15, 0.2) is 9.84 Å². The number of nitrogens with two attached hydrogens (primary N) is 1. The summed E-state index contributed by atoms with van der Waals surface area (Å²) >= 11 is 0. The lowest BCUT2D eigenvalue weighted by Gasteiger charge is -2.19. The number of rotatable bonds is 7. The van der Waals surface area contributed by atoms with Crippen LogP contribution in [0.3, 0.4) is 0 Å². The molecule has 9 heteroatoms. The fourth-order valence-electron chi connectivity index (χ4n) is 2.90. The van der Waals surface area contributed by atoms with Gasteiger partial charge in [-0.05, 0) is 61.9 Å². The third-order valence-corrected chi connectivity index (χ3v) is 6.02. The topological polar surface area (TPSA) is 89.6 Å². The lowest BCUT2D eigenvalue weighted by atomic mass is 9.96. The van der Waals surface area contributed by atoms with Crippen LogP contribution in [0.5, 0.6) is 5.75 Å². The van der Waals surface area contributed by atoms with Gasteiger partial charge < -0.3 is 15.6 Å². The van der Waals surface area contributed by atoms with Gasteiger partial charge in [0.05, 0.1) is 16.8 Å². The number of sulfone groups is 1. The van der Waals surface area contributed by atoms with Crippen LogP contribution in [-0.4, -0.2) is 32.2 Å². The molecule has 1 aliphatic carbocycles. The van der Waals surface area contributed by atoms with E-state index in [0.29, 0.717) is 12.8 Å². The van der Waals surface area contributed by atoms with Gasteiger partial charge in [-0.2, -0.15) is 0 Å². The van der Waals surface area contributed by atoms with Crippen LogP contribution >= 0.6 is 0 Å². The molecule has 0 aromatic heterocycles. The molecule has 0 spiro atoms. The number of hydrogen-bond acceptors (Lipinski definition) is 5. The van der Waals surface area contributed by atoms with Crippen molar-refractivity contribution in [1.82, 2.24) is 0 Å². The first-order valence-corrected chi connectivity index (χ1v) is 9.92. The Kier molecular flexibility index (Phi) is 6.70. The van der Waals surface area contributed by atoms with Gasteiger partial charge in [-0.3, -0.25) is 0 Å². The fourth-order valence-corrected chi connectivity index (χ4v) is 4.62. The third-order valence-electron chi connectivity index (χ3n) is 4.15. The van der Waals surface area contributed by atoms with Gasteiger partial charge in [-0.1, -0.05) is 12.2 Å². The molecule has 0 saturated carbocycles. The van der Waals surface area contributed by atoms with Crippen molar-refractivity contribution in [2.24, 2.45) is 11.7 Å². The van der Waals surface area contributed by atoms with Crippen molar-refractivity contribution in [2.45, 2.75) is 43.0 Å². The highest BCUT2D eigenvalue weighted by Crippen LogP contribution is 2.32. The third kappa shape index (κ3) is 6.00. The molecule has 0 saturated heterocycles. The summed E-state index contributed by atoms with van der Waals surface area (Å²) in [6.07, 6.45) is -0.0841. The quantitative estimate of drug-likeness (QED) is 0.695. The second-order valence-corrected chi connectivity index (χ2v) is 8.34. The van der Waals surface area contributed by atoms with Gasteiger partial charge >= 0.3 is 6.36 Å². The Balaban J connectivity index is 2.36. The average Bonchev–Trinajstić information content (AvgIpc) is 2.53. The standard InChI is InChI=1S/C17H22F3NO4S/c18-17(19,20)25-14-8-13(16(22)6-7-21)9-15(10-14)26(23,24)11-12-4-2-1-3-5-12/h1-2,8-10,12,16,22H,3-7,11,21H2. The molecule has 2 rings (SSSR count). The lowest BCUT2D eigenvalue weighted by Crippen LogP contribution is -2.20. The SMILES string of the molecule is NCCC(O)c1cc(OC(F)(F)F)cc(S(=O)(=O)CC2CC=CCC2)c1. The first kappa shape index (κ1) is 20.7. The zero-order valence-corrected chi connectivity index (χ0v) is 14.9. The Bertz CT molecular complexity index is 747. The Labute approximate surface area is 150 Å². The Morgan fingerprint density at radius 1 is 1.27 bits per heavy atom. The molecule has 0 bridgehead atoms. The van der Waals surface area contributed by atoms with E-state index in [-0.39, 0.29) is 35.1 Å². The van der Waals surface area contributed by atoms with Crippen LogP contribution in [0, 0.1) is 5.92 Å². The largest absolute Gasteiger partial charge is 0.573 e. The van der Waals surface area contributed by atoms with Crippen LogP contribution in [0.25, 0.3) is 0 Å². The van der Waals surface area contributed by atoms with Crippen molar-refractivity contribution < 1.29 is 31.4 Å². The van der Waals surface area contributed by atoms with Gasteiger partial charge in [0.25, 0.3) is 0 Å². The van der Waals surface area contributed by atoms with E-state index in [2.05, 4.69) is 4.74 Å². The summed E-state index contributed by atoms with van der Waals surface area (Å²) in [5, 5.41) is 10.0. The predicted octanol–water partition coefficient (Wildman–Crippen LogP) is 3.10. The fraction of sp³-hybridized carbons (Fsp3) is 0.529. The predicted molar refractivity (Wildman–Crippen MR) is 90.3 cm³/mol. The lowest BCUT2D eigenvalue weighted by molar-refractivity contribution is -0.274. The average molecular weight is 393 g/mol. The molecule has 2 unspecified atom stereocenters. The van der Waals surface area contributed by atoms with Crippen LogP contribution in [0.1, 0.15) is 37.4 Å². The van der Waals surface area contributed by atoms with Crippen LogP contribution < -0.4 is 10.5 Å². The van der Waals surface area contributed by atoms with E-state index >= 15 is 0 Å². The first-order valence-electron chi connectivity index (χ1n) is 8.27. The van der Waals surface area contributed by atoms with Crippen molar-refractivity contribution >= 4 is 9.84 Å². The summed E-state index contributed by atoms with van der Waals surface area (Å²) < 4.78 is 66.9. The van der Waals surface area contributed by atoms with Gasteiger partial charge in [0.2, 0.25) is 0 Å². The minimum absolute atomic E-state index is 0.0271. The van der Waals surface area contributed by atoms with E-state index in [1.165, 1.54) is 6.07 Å². The molecule has 1 aliphatic rings. The number of alkyl halides is 3. The molecular weight excluding hydrogens is 371 g/mol. The van der Waals surface area contributed by atoms with Crippen molar-refractivity contribution in [1.29, 1.82) is 0 Å². The van der Waals surface area contributed by atoms with E-state index in [1.807, 2.05) is 12.2 Å². The minimum Gasteiger partial charge on any atom is -0.406 e. The van der Waals surface area contributed by atoms with Crippen LogP contribution in [0.15, 0.2) is 35.2 Å². The molecule has 1 aromatic carbocycles. The number of ether oxygens (including phenoxy) is 1. The van der Waals surface area contributed by atoms with Crippen molar-refractivity contribution in [3.63, 3.8) is 0 Å². The van der Waals surface area contributed by atoms with Gasteiger partial charge in [0, 0.05) is 0 Å². The summed E-state index contributed by atoms with van der Waals surface area (Å²) in [6.45, 7) is 0.0992. The van der Waals surface area contributed by atoms with Crippen LogP contribution in [0.2, 0.25) is 0 Å². The number of aliphatic hydroxyl groups is 1. The molecule has 0 radical (unpaired) electrons. The van der Waals surface area contributed by atoms with Crippen LogP contribution in [0.4, 0.5) is 13.2 Å². The zero-order chi connectivity index (χ0) is 19.4. The van der Waals surface area contributed by atoms with Crippen molar-refractivity contribution in [2.75, 3.05) is 12.3 Å². The Morgan fingerprint density at radius 3 is 2.58 bits per heavy atom. The highest BCUT2D eigenvalue weighted by Gasteiger charge is 2.32. The molecule has 0 aliphatic heterocycles. The van der Waals surface area contributed by atoms with Gasteiger partial charge in [-0.15, -0.1) is 13.2 Å². The molecule has 146 valence electrons. The number of aliphatic hydroxyl groups excluding tert-OH is 1. The van der Waals surface area contributed by atoms with Crippen molar-refractivity contribution in [3.8, 4) is 5.75 Å². The van der Waals surface area contributed by atoms with E-state index in [1.54, 1.807) is 0 Å². The minimum atomic E-state index is -4.97. The number of allylic oxidation sites excluding steroid dienone is 2. The summed E-state index contributed by atoms with van der Waals surface area (Å²) in [7, 11) is -3.83. The van der Waals surface area contributed by atoms with E-state index in [4.69, 9.17) is 5.73 Å². The maximum absolute atomic E-state index is 12.7. The maximum Gasteiger partial charge on any atom is 0.573 e.